The van der Waals surface area contributed by atoms with E-state index in [9.17, 15) is 0 Å². The quantitative estimate of drug-likeness (QED) is 0.588. The average Bonchev–Trinajstić information content (AvgIpc) is 2.31. The number of hydrogen-bond donors (Lipinski definition) is 2. The highest BCUT2D eigenvalue weighted by Gasteiger charge is 2.41. The van der Waals surface area contributed by atoms with Crippen molar-refractivity contribution in [2.24, 2.45) is 17.4 Å². The molecule has 0 aliphatic heterocycles. The van der Waals surface area contributed by atoms with Crippen LogP contribution in [0.15, 0.2) is 0 Å². The van der Waals surface area contributed by atoms with Gasteiger partial charge in [-0.1, -0.05) is 6.92 Å². The normalized spacial score (nSPS) is 16.4. The van der Waals surface area contributed by atoms with Crippen molar-refractivity contribution >= 4 is 8.80 Å². The second-order valence-electron chi connectivity index (χ2n) is 3.57. The van der Waals surface area contributed by atoms with E-state index < -0.39 is 8.80 Å². The summed E-state index contributed by atoms with van der Waals surface area (Å²) in [7, 11) is 2.26. The van der Waals surface area contributed by atoms with Gasteiger partial charge in [-0.25, -0.2) is 0 Å². The third-order valence-electron chi connectivity index (χ3n) is 2.82. The van der Waals surface area contributed by atoms with Gasteiger partial charge in [0.1, 0.15) is 0 Å². The van der Waals surface area contributed by atoms with E-state index in [1.807, 2.05) is 6.92 Å². The molecule has 0 radical (unpaired) electrons. The van der Waals surface area contributed by atoms with Crippen LogP contribution in [-0.2, 0) is 13.3 Å². The highest BCUT2D eigenvalue weighted by molar-refractivity contribution is 6.60. The smallest absolute Gasteiger partial charge is 0.377 e. The number of hydrogen-bond acceptors (Lipinski definition) is 5. The topological polar surface area (TPSA) is 79.7 Å². The first-order valence-electron chi connectivity index (χ1n) is 5.20. The molecule has 5 nitrogen and oxygen atoms in total. The van der Waals surface area contributed by atoms with E-state index in [4.69, 9.17) is 24.7 Å². The molecule has 4 N–H and O–H groups in total. The molecule has 6 heteroatoms. The molecule has 0 rings (SSSR count). The lowest BCUT2D eigenvalue weighted by Gasteiger charge is -2.30. The molecule has 0 amide bonds. The third kappa shape index (κ3) is 4.18. The summed E-state index contributed by atoms with van der Waals surface area (Å²) in [5.74, 6) is 0.182. The van der Waals surface area contributed by atoms with Crippen LogP contribution in [0.25, 0.3) is 0 Å². The van der Waals surface area contributed by atoms with E-state index in [2.05, 4.69) is 0 Å². The fourth-order valence-electron chi connectivity index (χ4n) is 1.56. The summed E-state index contributed by atoms with van der Waals surface area (Å²) in [6.07, 6.45) is 0.892. The molecule has 92 valence electrons. The molecule has 15 heavy (non-hydrogen) atoms. The second-order valence-corrected chi connectivity index (χ2v) is 6.57. The summed E-state index contributed by atoms with van der Waals surface area (Å²) in [5.41, 5.74) is 11.7. The molecule has 0 aromatic heterocycles. The van der Waals surface area contributed by atoms with Crippen molar-refractivity contribution in [3.05, 3.63) is 0 Å². The van der Waals surface area contributed by atoms with Crippen LogP contribution < -0.4 is 11.5 Å². The van der Waals surface area contributed by atoms with Gasteiger partial charge >= 0.3 is 8.80 Å². The fraction of sp³-hybridized carbons (Fsp3) is 1.00. The highest BCUT2D eigenvalue weighted by Crippen LogP contribution is 2.21. The third-order valence-corrected chi connectivity index (χ3v) is 5.72. The van der Waals surface area contributed by atoms with Gasteiger partial charge in [0.25, 0.3) is 0 Å². The molecule has 0 aromatic carbocycles. The van der Waals surface area contributed by atoms with Crippen molar-refractivity contribution in [3.63, 3.8) is 0 Å². The van der Waals surface area contributed by atoms with Gasteiger partial charge in [-0.3, -0.25) is 0 Å². The summed E-state index contributed by atoms with van der Waals surface area (Å²) in [6, 6.07) is 0.740. The summed E-state index contributed by atoms with van der Waals surface area (Å²) in [4.78, 5) is 0. The lowest BCUT2D eigenvalue weighted by Crippen LogP contribution is -2.48. The van der Waals surface area contributed by atoms with Crippen molar-refractivity contribution in [2.75, 3.05) is 27.9 Å². The van der Waals surface area contributed by atoms with Crippen LogP contribution in [0.4, 0.5) is 0 Å². The predicted molar refractivity (Wildman–Crippen MR) is 62.4 cm³/mol. The SMILES string of the molecule is CCC(N)C(CN)C[Si](OC)(OC)OC. The van der Waals surface area contributed by atoms with E-state index in [0.717, 1.165) is 6.42 Å². The zero-order valence-corrected chi connectivity index (χ0v) is 11.2. The molecule has 0 aliphatic rings. The molecule has 0 bridgehead atoms. The Kier molecular flexibility index (Phi) is 7.32. The molecule has 0 aromatic rings. The van der Waals surface area contributed by atoms with Crippen LogP contribution in [0.1, 0.15) is 13.3 Å². The lowest BCUT2D eigenvalue weighted by atomic mass is 10.0. The van der Waals surface area contributed by atoms with Crippen molar-refractivity contribution in [2.45, 2.75) is 25.4 Å². The van der Waals surface area contributed by atoms with E-state index >= 15 is 0 Å². The van der Waals surface area contributed by atoms with E-state index in [1.165, 1.54) is 0 Å². The Morgan fingerprint density at radius 3 is 1.87 bits per heavy atom. The summed E-state index contributed by atoms with van der Waals surface area (Å²) >= 11 is 0. The minimum absolute atomic E-state index is 0.0716. The minimum atomic E-state index is -2.54. The van der Waals surface area contributed by atoms with E-state index in [-0.39, 0.29) is 12.0 Å². The van der Waals surface area contributed by atoms with Gasteiger partial charge in [-0.15, -0.1) is 0 Å². The Morgan fingerprint density at radius 1 is 1.13 bits per heavy atom. The molecular weight excluding hydrogens is 212 g/mol. The van der Waals surface area contributed by atoms with Gasteiger partial charge in [-0.2, -0.15) is 0 Å². The molecule has 2 unspecified atom stereocenters. The minimum Gasteiger partial charge on any atom is -0.377 e. The van der Waals surface area contributed by atoms with Crippen LogP contribution in [0.5, 0.6) is 0 Å². The number of rotatable bonds is 8. The summed E-state index contributed by atoms with van der Waals surface area (Å²) < 4.78 is 16.0. The molecule has 0 spiro atoms. The standard InChI is InChI=1S/C9H24N2O3Si/c1-5-9(11)8(6-10)7-15(12-2,13-3)14-4/h8-9H,5-7,10-11H2,1-4H3. The maximum Gasteiger partial charge on any atom is 0.500 e. The van der Waals surface area contributed by atoms with Gasteiger partial charge in [0.15, 0.2) is 0 Å². The zero-order chi connectivity index (χ0) is 11.9. The Bertz CT molecular complexity index is 159. The van der Waals surface area contributed by atoms with Crippen LogP contribution in [-0.4, -0.2) is 42.7 Å². The first-order valence-corrected chi connectivity index (χ1v) is 7.13. The molecule has 0 saturated carbocycles. The van der Waals surface area contributed by atoms with E-state index in [1.54, 1.807) is 21.3 Å². The number of nitrogens with two attached hydrogens (primary N) is 2. The molecule has 2 atom stereocenters. The van der Waals surface area contributed by atoms with Gasteiger partial charge in [0.05, 0.1) is 0 Å². The Labute approximate surface area is 93.4 Å². The largest absolute Gasteiger partial charge is 0.500 e. The summed E-state index contributed by atoms with van der Waals surface area (Å²) in [6.45, 7) is 2.57. The van der Waals surface area contributed by atoms with Gasteiger partial charge in [-0.05, 0) is 18.9 Å². The van der Waals surface area contributed by atoms with Crippen molar-refractivity contribution in [3.8, 4) is 0 Å². The van der Waals surface area contributed by atoms with Crippen LogP contribution in [0.3, 0.4) is 0 Å². The van der Waals surface area contributed by atoms with Crippen LogP contribution >= 0.6 is 0 Å². The maximum atomic E-state index is 5.97. The zero-order valence-electron chi connectivity index (χ0n) is 10.2. The Morgan fingerprint density at radius 2 is 1.60 bits per heavy atom. The first kappa shape index (κ1) is 15.0. The maximum absolute atomic E-state index is 5.97. The molecule has 0 saturated heterocycles. The predicted octanol–water partition coefficient (Wildman–Crippen LogP) is 0.177. The Hall–Kier alpha value is 0.0169. The average molecular weight is 236 g/mol. The van der Waals surface area contributed by atoms with E-state index in [0.29, 0.717) is 12.6 Å². The lowest BCUT2D eigenvalue weighted by molar-refractivity contribution is 0.116. The van der Waals surface area contributed by atoms with Gasteiger partial charge < -0.3 is 24.7 Å². The van der Waals surface area contributed by atoms with Crippen LogP contribution in [0, 0.1) is 5.92 Å². The second kappa shape index (κ2) is 7.32. The monoisotopic (exact) mass is 236 g/mol. The van der Waals surface area contributed by atoms with Crippen molar-refractivity contribution < 1.29 is 13.3 Å². The highest BCUT2D eigenvalue weighted by atomic mass is 28.4. The first-order chi connectivity index (χ1) is 7.09. The Balaban J connectivity index is 4.47. The molecular formula is C9H24N2O3Si. The van der Waals surface area contributed by atoms with Crippen molar-refractivity contribution in [1.29, 1.82) is 0 Å². The summed E-state index contributed by atoms with van der Waals surface area (Å²) in [5, 5.41) is 0. The van der Waals surface area contributed by atoms with Gasteiger partial charge in [0, 0.05) is 33.4 Å². The molecule has 0 heterocycles. The molecule has 0 aliphatic carbocycles. The van der Waals surface area contributed by atoms with Gasteiger partial charge in [0.2, 0.25) is 0 Å². The fourth-order valence-corrected chi connectivity index (χ4v) is 3.68. The molecule has 0 fully saturated rings. The van der Waals surface area contributed by atoms with Crippen LogP contribution in [0.2, 0.25) is 6.04 Å². The van der Waals surface area contributed by atoms with Crippen molar-refractivity contribution in [1.82, 2.24) is 0 Å².